The van der Waals surface area contributed by atoms with Crippen molar-refractivity contribution in [2.24, 2.45) is 0 Å². The van der Waals surface area contributed by atoms with E-state index in [1.165, 1.54) is 30.6 Å². The molecule has 7 rings (SSSR count). The van der Waals surface area contributed by atoms with Gasteiger partial charge >= 0.3 is 12.1 Å². The predicted octanol–water partition coefficient (Wildman–Crippen LogP) is 4.45. The maximum Gasteiger partial charge on any atom is 0.416 e. The Morgan fingerprint density at radius 1 is 0.644 bits per heavy atom. The van der Waals surface area contributed by atoms with E-state index in [0.29, 0.717) is 16.7 Å². The summed E-state index contributed by atoms with van der Waals surface area (Å²) in [5.74, 6) is -4.43. The molecule has 0 saturated heterocycles. The lowest BCUT2D eigenvalue weighted by atomic mass is 9.98. The number of benzene rings is 4. The fourth-order valence-electron chi connectivity index (χ4n) is 6.55. The van der Waals surface area contributed by atoms with Crippen LogP contribution in [0.1, 0.15) is 27.8 Å². The summed E-state index contributed by atoms with van der Waals surface area (Å²) in [6.45, 7) is -0.484. The molecule has 4 aromatic carbocycles. The smallest absolute Gasteiger partial charge is 0.416 e. The molecule has 304 valence electrons. The number of fused-ring (bicyclic) bond motifs is 16. The Bertz CT molecular complexity index is 2260. The molecule has 5 aromatic rings. The van der Waals surface area contributed by atoms with Crippen LogP contribution in [0.3, 0.4) is 0 Å². The molecule has 2 aliphatic rings. The van der Waals surface area contributed by atoms with Crippen molar-refractivity contribution in [3.05, 3.63) is 155 Å². The predicted molar refractivity (Wildman–Crippen MR) is 210 cm³/mol. The molecule has 5 N–H and O–H groups in total. The number of pyridine rings is 1. The lowest BCUT2D eigenvalue weighted by molar-refractivity contribution is -0.142. The monoisotopic (exact) mass is 807 g/mol. The number of carbonyl (C=O) groups is 5. The fraction of sp³-hybridized carbons (Fsp3) is 0.227. The molecule has 4 amide bonds. The molecule has 0 unspecified atom stereocenters. The number of carbonyl (C=O) groups excluding carboxylic acids is 4. The van der Waals surface area contributed by atoms with Crippen molar-refractivity contribution in [2.45, 2.75) is 56.0 Å². The normalized spacial score (nSPS) is 19.4. The minimum Gasteiger partial charge on any atom is -0.484 e. The number of hydrogen-bond donors (Lipinski definition) is 5. The highest BCUT2D eigenvalue weighted by Crippen LogP contribution is 2.30. The van der Waals surface area contributed by atoms with Crippen LogP contribution >= 0.6 is 0 Å². The van der Waals surface area contributed by atoms with Gasteiger partial charge in [0.05, 0.1) is 5.56 Å². The Hall–Kier alpha value is -7.03. The zero-order valence-electron chi connectivity index (χ0n) is 31.4. The molecule has 2 bridgehead atoms. The van der Waals surface area contributed by atoms with Gasteiger partial charge in [0, 0.05) is 38.1 Å². The van der Waals surface area contributed by atoms with Crippen molar-refractivity contribution in [1.29, 1.82) is 0 Å². The van der Waals surface area contributed by atoms with Crippen molar-refractivity contribution < 1.29 is 47.0 Å². The van der Waals surface area contributed by atoms with Gasteiger partial charge in [-0.1, -0.05) is 84.9 Å². The van der Waals surface area contributed by atoms with E-state index in [4.69, 9.17) is 4.74 Å². The summed E-state index contributed by atoms with van der Waals surface area (Å²) in [5.41, 5.74) is 2.57. The van der Waals surface area contributed by atoms with Gasteiger partial charge in [-0.3, -0.25) is 24.2 Å². The molecule has 0 radical (unpaired) electrons. The Kier molecular flexibility index (Phi) is 13.4. The number of aromatic nitrogens is 1. The fourth-order valence-corrected chi connectivity index (χ4v) is 6.55. The first-order valence-corrected chi connectivity index (χ1v) is 18.6. The third-order valence-corrected chi connectivity index (χ3v) is 9.65. The van der Waals surface area contributed by atoms with Crippen LogP contribution in [0.25, 0.3) is 11.1 Å². The molecule has 0 spiro atoms. The number of aliphatic carboxylic acids is 1. The summed E-state index contributed by atoms with van der Waals surface area (Å²) in [5, 5.41) is 20.5. The molecule has 59 heavy (non-hydrogen) atoms. The quantitative estimate of drug-likeness (QED) is 0.143. The van der Waals surface area contributed by atoms with Gasteiger partial charge in [-0.05, 0) is 63.7 Å². The lowest BCUT2D eigenvalue weighted by Gasteiger charge is -2.26. The SMILES string of the molecule is O=C1COc2ccc(cc2)C[C@@H](C(=O)O)NC(=O)[C@H](Cc2cccc(C(F)(F)F)c2)NC(=O)[C@@H](Cc2ccc(-c3ccccc3)cc2)NC(=O)[C@H](Cc2ccncc2)N1. The average Bonchev–Trinajstić information content (AvgIpc) is 3.22. The first-order chi connectivity index (χ1) is 28.3. The maximum atomic E-state index is 14.4. The van der Waals surface area contributed by atoms with Crippen molar-refractivity contribution in [2.75, 3.05) is 6.61 Å². The molecule has 0 aliphatic carbocycles. The van der Waals surface area contributed by atoms with Crippen LogP contribution in [0.4, 0.5) is 13.2 Å². The molecule has 4 atom stereocenters. The standard InChI is InChI=1S/C44H40F3N5O7/c45-44(46,47)33-8-4-5-30(21-33)25-37-42(56)52-38(43(57)58)24-28-11-15-34(16-12-28)59-26-39(53)49-35(23-29-17-19-48-20-18-29)40(54)50-36(41(55)51-37)22-27-9-13-32(14-10-27)31-6-2-1-3-7-31/h1-21,35-38H,22-26H2,(H,49,53)(H,50,54)(H,51,55)(H,52,56)(H,57,58)/t35-,36+,37-,38-/m0/s1. The zero-order chi connectivity index (χ0) is 41.9. The number of carboxylic acid groups (broad SMARTS) is 1. The van der Waals surface area contributed by atoms with Crippen LogP contribution < -0.4 is 26.0 Å². The van der Waals surface area contributed by atoms with Crippen LogP contribution in [0.5, 0.6) is 5.75 Å². The largest absolute Gasteiger partial charge is 0.484 e. The molecule has 15 heteroatoms. The molecule has 12 nitrogen and oxygen atoms in total. The van der Waals surface area contributed by atoms with Gasteiger partial charge in [0.1, 0.15) is 29.9 Å². The van der Waals surface area contributed by atoms with Gasteiger partial charge in [0.2, 0.25) is 17.7 Å². The van der Waals surface area contributed by atoms with E-state index in [-0.39, 0.29) is 30.6 Å². The van der Waals surface area contributed by atoms with Crippen molar-refractivity contribution in [3.63, 3.8) is 0 Å². The third-order valence-electron chi connectivity index (χ3n) is 9.65. The minimum absolute atomic E-state index is 0.00788. The van der Waals surface area contributed by atoms with Gasteiger partial charge in [-0.15, -0.1) is 0 Å². The second-order valence-corrected chi connectivity index (χ2v) is 14.0. The highest BCUT2D eigenvalue weighted by atomic mass is 19.4. The highest BCUT2D eigenvalue weighted by molar-refractivity contribution is 5.95. The summed E-state index contributed by atoms with van der Waals surface area (Å²) in [6, 6.07) is 24.6. The van der Waals surface area contributed by atoms with Gasteiger partial charge in [0.15, 0.2) is 6.61 Å². The number of nitrogens with one attached hydrogen (secondary N) is 4. The van der Waals surface area contributed by atoms with Gasteiger partial charge in [-0.2, -0.15) is 13.2 Å². The lowest BCUT2D eigenvalue weighted by Crippen LogP contribution is -2.59. The molecular formula is C44H40F3N5O7. The number of carboxylic acids is 1. The van der Waals surface area contributed by atoms with Crippen LogP contribution in [0.15, 0.2) is 128 Å². The van der Waals surface area contributed by atoms with Crippen LogP contribution in [0.2, 0.25) is 0 Å². The third kappa shape index (κ3) is 11.8. The second kappa shape index (κ2) is 18.9. The van der Waals surface area contributed by atoms with E-state index in [0.717, 1.165) is 29.3 Å². The number of nitrogens with zero attached hydrogens (tertiary/aromatic N) is 1. The summed E-state index contributed by atoms with van der Waals surface area (Å²) in [4.78, 5) is 72.1. The number of hydrogen-bond acceptors (Lipinski definition) is 7. The Balaban J connectivity index is 1.37. The van der Waals surface area contributed by atoms with E-state index < -0.39 is 78.5 Å². The van der Waals surface area contributed by atoms with E-state index >= 15 is 0 Å². The van der Waals surface area contributed by atoms with Gasteiger partial charge in [-0.25, -0.2) is 4.79 Å². The van der Waals surface area contributed by atoms with Crippen LogP contribution in [0, 0.1) is 0 Å². The average molecular weight is 808 g/mol. The van der Waals surface area contributed by atoms with Crippen molar-refractivity contribution >= 4 is 29.6 Å². The number of ether oxygens (including phenoxy) is 1. The first kappa shape index (κ1) is 41.6. The summed E-state index contributed by atoms with van der Waals surface area (Å²) >= 11 is 0. The Labute approximate surface area is 337 Å². The second-order valence-electron chi connectivity index (χ2n) is 14.0. The van der Waals surface area contributed by atoms with E-state index in [1.54, 1.807) is 36.4 Å². The number of amides is 4. The first-order valence-electron chi connectivity index (χ1n) is 18.6. The summed E-state index contributed by atoms with van der Waals surface area (Å²) < 4.78 is 46.8. The Morgan fingerprint density at radius 2 is 1.20 bits per heavy atom. The van der Waals surface area contributed by atoms with Crippen molar-refractivity contribution in [3.8, 4) is 16.9 Å². The maximum absolute atomic E-state index is 14.4. The van der Waals surface area contributed by atoms with Gasteiger partial charge in [0.25, 0.3) is 5.91 Å². The van der Waals surface area contributed by atoms with Gasteiger partial charge < -0.3 is 31.1 Å². The van der Waals surface area contributed by atoms with E-state index in [1.807, 2.05) is 42.5 Å². The summed E-state index contributed by atoms with van der Waals surface area (Å²) in [6.07, 6.45) is -2.47. The topological polar surface area (TPSA) is 176 Å². The van der Waals surface area contributed by atoms with E-state index in [2.05, 4.69) is 26.3 Å². The summed E-state index contributed by atoms with van der Waals surface area (Å²) in [7, 11) is 0. The molecular weight excluding hydrogens is 768 g/mol. The number of alkyl halides is 3. The zero-order valence-corrected chi connectivity index (χ0v) is 31.4. The number of halogens is 3. The number of rotatable bonds is 8. The van der Waals surface area contributed by atoms with Crippen LogP contribution in [-0.4, -0.2) is 70.5 Å². The molecule has 2 aliphatic heterocycles. The molecule has 0 fully saturated rings. The molecule has 0 saturated carbocycles. The minimum atomic E-state index is -4.71. The molecule has 3 heterocycles. The highest BCUT2D eigenvalue weighted by Gasteiger charge is 2.34. The van der Waals surface area contributed by atoms with Crippen molar-refractivity contribution in [1.82, 2.24) is 26.3 Å². The molecule has 1 aromatic heterocycles. The Morgan fingerprint density at radius 3 is 1.81 bits per heavy atom. The van der Waals surface area contributed by atoms with Crippen LogP contribution in [-0.2, 0) is 55.8 Å². The van der Waals surface area contributed by atoms with E-state index in [9.17, 15) is 42.3 Å².